The molecular formula is C14H13N3O2. The summed E-state index contributed by atoms with van der Waals surface area (Å²) in [5.41, 5.74) is 8.39. The van der Waals surface area contributed by atoms with Gasteiger partial charge in [-0.1, -0.05) is 0 Å². The zero-order valence-electron chi connectivity index (χ0n) is 10.3. The highest BCUT2D eigenvalue weighted by Gasteiger charge is 2.10. The molecule has 0 aliphatic carbocycles. The van der Waals surface area contributed by atoms with Crippen LogP contribution in [0.5, 0.6) is 0 Å². The molecular weight excluding hydrogens is 242 g/mol. The fourth-order valence-corrected chi connectivity index (χ4v) is 1.95. The van der Waals surface area contributed by atoms with Crippen molar-refractivity contribution in [1.82, 2.24) is 4.98 Å². The molecule has 96 valence electrons. The summed E-state index contributed by atoms with van der Waals surface area (Å²) in [6.07, 6.45) is 2.47. The fraction of sp³-hybridized carbons (Fsp3) is 0.0714. The van der Waals surface area contributed by atoms with Gasteiger partial charge in [0, 0.05) is 29.1 Å². The van der Waals surface area contributed by atoms with E-state index in [-0.39, 0.29) is 5.56 Å². The quantitative estimate of drug-likeness (QED) is 0.732. The number of aryl methyl sites for hydroxylation is 1. The second-order valence-corrected chi connectivity index (χ2v) is 4.11. The Morgan fingerprint density at radius 1 is 1.42 bits per heavy atom. The summed E-state index contributed by atoms with van der Waals surface area (Å²) >= 11 is 0. The Morgan fingerprint density at radius 3 is 2.74 bits per heavy atom. The molecule has 0 unspecified atom stereocenters. The first-order valence-electron chi connectivity index (χ1n) is 5.64. The molecule has 4 N–H and O–H groups in total. The largest absolute Gasteiger partial charge is 0.478 e. The normalized spacial score (nSPS) is 11.5. The van der Waals surface area contributed by atoms with Crippen molar-refractivity contribution in [3.05, 3.63) is 47.3 Å². The molecule has 2 rings (SSSR count). The molecule has 0 radical (unpaired) electrons. The number of fused-ring (bicyclic) bond motifs is 1. The van der Waals surface area contributed by atoms with Gasteiger partial charge >= 0.3 is 5.97 Å². The molecule has 0 aliphatic rings. The average Bonchev–Trinajstić information content (AvgIpc) is 2.39. The van der Waals surface area contributed by atoms with E-state index in [1.165, 1.54) is 12.3 Å². The summed E-state index contributed by atoms with van der Waals surface area (Å²) in [4.78, 5) is 15.4. The molecule has 0 spiro atoms. The van der Waals surface area contributed by atoms with Gasteiger partial charge in [0.15, 0.2) is 0 Å². The van der Waals surface area contributed by atoms with E-state index in [0.717, 1.165) is 11.9 Å². The lowest BCUT2D eigenvalue weighted by atomic mass is 10.00. The lowest BCUT2D eigenvalue weighted by Gasteiger charge is -2.08. The van der Waals surface area contributed by atoms with Crippen molar-refractivity contribution in [3.63, 3.8) is 0 Å². The van der Waals surface area contributed by atoms with Crippen LogP contribution in [0.3, 0.4) is 0 Å². The highest BCUT2D eigenvalue weighted by Crippen LogP contribution is 2.25. The third-order valence-electron chi connectivity index (χ3n) is 2.83. The second kappa shape index (κ2) is 4.89. The van der Waals surface area contributed by atoms with Crippen LogP contribution < -0.4 is 5.73 Å². The molecule has 0 saturated carbocycles. The lowest BCUT2D eigenvalue weighted by molar-refractivity contribution is 0.0697. The van der Waals surface area contributed by atoms with E-state index in [2.05, 4.69) is 4.98 Å². The minimum Gasteiger partial charge on any atom is -0.478 e. The third kappa shape index (κ3) is 2.30. The Morgan fingerprint density at radius 2 is 2.16 bits per heavy atom. The van der Waals surface area contributed by atoms with Gasteiger partial charge in [-0.25, -0.2) is 4.79 Å². The van der Waals surface area contributed by atoms with Crippen molar-refractivity contribution in [2.24, 2.45) is 5.73 Å². The van der Waals surface area contributed by atoms with Crippen molar-refractivity contribution in [3.8, 4) is 0 Å². The van der Waals surface area contributed by atoms with E-state index in [4.69, 9.17) is 16.2 Å². The number of aromatic nitrogens is 1. The number of nitrogens with zero attached hydrogens (tertiary/aromatic N) is 1. The molecule has 1 aromatic heterocycles. The second-order valence-electron chi connectivity index (χ2n) is 4.11. The predicted octanol–water partition coefficient (Wildman–Crippen LogP) is 2.19. The van der Waals surface area contributed by atoms with Crippen LogP contribution in [0.15, 0.2) is 30.5 Å². The highest BCUT2D eigenvalue weighted by molar-refractivity contribution is 6.13. The van der Waals surface area contributed by atoms with E-state index >= 15 is 0 Å². The van der Waals surface area contributed by atoms with Crippen molar-refractivity contribution in [2.75, 3.05) is 0 Å². The van der Waals surface area contributed by atoms with Gasteiger partial charge in [-0.05, 0) is 36.8 Å². The van der Waals surface area contributed by atoms with Crippen molar-refractivity contribution >= 4 is 28.7 Å². The first-order chi connectivity index (χ1) is 9.06. The summed E-state index contributed by atoms with van der Waals surface area (Å²) < 4.78 is 0. The molecule has 0 amide bonds. The average molecular weight is 255 g/mol. The molecule has 0 aliphatic heterocycles. The smallest absolute Gasteiger partial charge is 0.335 e. The standard InChI is InChI=1S/C14H13N3O2/c1-8-4-11(10(6-15)7-16)12-5-9(14(18)19)2-3-13(12)17-8/h2-7,15H,16H2,1H3,(H,18,19)/b10-7+,15-6?. The summed E-state index contributed by atoms with van der Waals surface area (Å²) in [5, 5.41) is 17.1. The molecule has 0 fully saturated rings. The monoisotopic (exact) mass is 255 g/mol. The van der Waals surface area contributed by atoms with E-state index in [1.54, 1.807) is 18.2 Å². The van der Waals surface area contributed by atoms with E-state index in [9.17, 15) is 4.79 Å². The van der Waals surface area contributed by atoms with Crippen LogP contribution in [-0.4, -0.2) is 22.3 Å². The number of carboxylic acids is 1. The maximum Gasteiger partial charge on any atom is 0.335 e. The minimum atomic E-state index is -0.999. The van der Waals surface area contributed by atoms with Gasteiger partial charge in [0.2, 0.25) is 0 Å². The molecule has 2 aromatic rings. The molecule has 0 bridgehead atoms. The maximum atomic E-state index is 11.0. The van der Waals surface area contributed by atoms with Gasteiger partial charge in [0.05, 0.1) is 11.1 Å². The lowest BCUT2D eigenvalue weighted by Crippen LogP contribution is -1.99. The number of carbonyl (C=O) groups is 1. The Labute approximate surface area is 109 Å². The summed E-state index contributed by atoms with van der Waals surface area (Å²) in [7, 11) is 0. The number of pyridine rings is 1. The Hall–Kier alpha value is -2.69. The van der Waals surface area contributed by atoms with Gasteiger partial charge in [-0.15, -0.1) is 0 Å². The van der Waals surface area contributed by atoms with Crippen LogP contribution in [0.4, 0.5) is 0 Å². The van der Waals surface area contributed by atoms with Crippen molar-refractivity contribution in [2.45, 2.75) is 6.92 Å². The van der Waals surface area contributed by atoms with E-state index < -0.39 is 5.97 Å². The highest BCUT2D eigenvalue weighted by atomic mass is 16.4. The van der Waals surface area contributed by atoms with E-state index in [1.807, 2.05) is 6.92 Å². The van der Waals surface area contributed by atoms with Gasteiger partial charge in [0.1, 0.15) is 0 Å². The number of allylic oxidation sites excluding steroid dienone is 1. The number of aromatic carboxylic acids is 1. The number of benzene rings is 1. The minimum absolute atomic E-state index is 0.181. The zero-order valence-corrected chi connectivity index (χ0v) is 10.3. The number of nitrogens with one attached hydrogen (secondary N) is 1. The van der Waals surface area contributed by atoms with Crippen molar-refractivity contribution in [1.29, 1.82) is 5.41 Å². The molecule has 5 heteroatoms. The van der Waals surface area contributed by atoms with Crippen LogP contribution in [0.2, 0.25) is 0 Å². The number of nitrogens with two attached hydrogens (primary N) is 1. The predicted molar refractivity (Wildman–Crippen MR) is 74.4 cm³/mol. The van der Waals surface area contributed by atoms with Crippen LogP contribution in [0, 0.1) is 12.3 Å². The maximum absolute atomic E-state index is 11.0. The molecule has 0 atom stereocenters. The number of hydrogen-bond donors (Lipinski definition) is 3. The molecule has 19 heavy (non-hydrogen) atoms. The van der Waals surface area contributed by atoms with E-state index in [0.29, 0.717) is 22.0 Å². The SMILES string of the molecule is Cc1cc(/C(C=N)=C/N)c2cc(C(=O)O)ccc2n1. The Kier molecular flexibility index (Phi) is 3.29. The first-order valence-corrected chi connectivity index (χ1v) is 5.64. The number of carboxylic acid groups (broad SMARTS) is 1. The molecule has 1 heterocycles. The number of rotatable bonds is 3. The Bertz CT molecular complexity index is 705. The summed E-state index contributed by atoms with van der Waals surface area (Å²) in [5.74, 6) is -0.999. The molecule has 0 saturated heterocycles. The number of hydrogen-bond acceptors (Lipinski definition) is 4. The van der Waals surface area contributed by atoms with Crippen molar-refractivity contribution < 1.29 is 9.90 Å². The van der Waals surface area contributed by atoms with Gasteiger partial charge < -0.3 is 16.2 Å². The van der Waals surface area contributed by atoms with Gasteiger partial charge in [0.25, 0.3) is 0 Å². The fourth-order valence-electron chi connectivity index (χ4n) is 1.95. The summed E-state index contributed by atoms with van der Waals surface area (Å²) in [6, 6.07) is 6.51. The molecule has 1 aromatic carbocycles. The van der Waals surface area contributed by atoms with Crippen LogP contribution in [0.25, 0.3) is 16.5 Å². The Balaban J connectivity index is 2.83. The topological polar surface area (TPSA) is 100 Å². The zero-order chi connectivity index (χ0) is 14.0. The van der Waals surface area contributed by atoms with Gasteiger partial charge in [-0.3, -0.25) is 4.98 Å². The van der Waals surface area contributed by atoms with Crippen LogP contribution in [-0.2, 0) is 0 Å². The third-order valence-corrected chi connectivity index (χ3v) is 2.83. The summed E-state index contributed by atoms with van der Waals surface area (Å²) in [6.45, 7) is 1.84. The first kappa shape index (κ1) is 12.8. The molecule has 5 nitrogen and oxygen atoms in total. The van der Waals surface area contributed by atoms with Crippen LogP contribution in [0.1, 0.15) is 21.6 Å². The van der Waals surface area contributed by atoms with Crippen LogP contribution >= 0.6 is 0 Å². The van der Waals surface area contributed by atoms with Gasteiger partial charge in [-0.2, -0.15) is 0 Å².